The lowest BCUT2D eigenvalue weighted by atomic mass is 9.47. The molecule has 0 radical (unpaired) electrons. The molecule has 1 N–H and O–H groups in total. The van der Waals surface area contributed by atoms with Crippen LogP contribution in [0, 0.1) is 39.9 Å². The van der Waals surface area contributed by atoms with E-state index in [1.807, 2.05) is 5.57 Å². The number of fused-ring (bicyclic) bond motifs is 5. The Bertz CT molecular complexity index is 518. The molecule has 0 amide bonds. The molecule has 0 heterocycles. The minimum Gasteiger partial charge on any atom is -0.310 e. The first kappa shape index (κ1) is 15.0. The smallest absolute Gasteiger partial charge is 0.00946 e. The van der Waals surface area contributed by atoms with Gasteiger partial charge in [-0.15, -0.1) is 0 Å². The van der Waals surface area contributed by atoms with Crippen molar-refractivity contribution in [3.8, 4) is 0 Å². The van der Waals surface area contributed by atoms with Crippen LogP contribution >= 0.6 is 0 Å². The van der Waals surface area contributed by atoms with Crippen LogP contribution in [0.5, 0.6) is 0 Å². The fourth-order valence-corrected chi connectivity index (χ4v) is 7.41. The molecule has 0 spiro atoms. The van der Waals surface area contributed by atoms with Crippen LogP contribution in [0.4, 0.5) is 0 Å². The Morgan fingerprint density at radius 1 is 1.09 bits per heavy atom. The summed E-state index contributed by atoms with van der Waals surface area (Å²) in [5.74, 6) is 3.31. The summed E-state index contributed by atoms with van der Waals surface area (Å²) in [4.78, 5) is 0. The summed E-state index contributed by atoms with van der Waals surface area (Å²) >= 11 is 0. The Morgan fingerprint density at radius 3 is 2.68 bits per heavy atom. The van der Waals surface area contributed by atoms with Crippen LogP contribution in [0.3, 0.4) is 0 Å². The van der Waals surface area contributed by atoms with Crippen molar-refractivity contribution in [2.45, 2.75) is 78.6 Å². The lowest BCUT2D eigenvalue weighted by molar-refractivity contribution is -0.0324. The molecule has 0 bridgehead atoms. The molecule has 3 saturated carbocycles. The average molecular weight is 300 g/mol. The van der Waals surface area contributed by atoms with Crippen molar-refractivity contribution in [1.29, 1.82) is 5.41 Å². The quantitative estimate of drug-likeness (QED) is 0.454. The van der Waals surface area contributed by atoms with Crippen LogP contribution in [0.25, 0.3) is 0 Å². The fourth-order valence-electron chi connectivity index (χ4n) is 7.41. The number of allylic oxidation sites excluding steroid dienone is 2. The zero-order chi connectivity index (χ0) is 15.5. The van der Waals surface area contributed by atoms with Crippen LogP contribution in [0.2, 0.25) is 0 Å². The van der Waals surface area contributed by atoms with E-state index in [9.17, 15) is 0 Å². The van der Waals surface area contributed by atoms with Gasteiger partial charge in [-0.3, -0.25) is 0 Å². The van der Waals surface area contributed by atoms with Crippen molar-refractivity contribution in [1.82, 2.24) is 0 Å². The van der Waals surface area contributed by atoms with E-state index in [1.54, 1.807) is 0 Å². The van der Waals surface area contributed by atoms with E-state index in [1.165, 1.54) is 57.8 Å². The van der Waals surface area contributed by atoms with Gasteiger partial charge in [0.05, 0.1) is 0 Å². The summed E-state index contributed by atoms with van der Waals surface area (Å²) in [6.07, 6.45) is 15.2. The first-order chi connectivity index (χ1) is 10.5. The third-order valence-electron chi connectivity index (χ3n) is 8.54. The summed E-state index contributed by atoms with van der Waals surface area (Å²) in [6.45, 7) is 7.20. The van der Waals surface area contributed by atoms with Gasteiger partial charge in [0.25, 0.3) is 0 Å². The summed E-state index contributed by atoms with van der Waals surface area (Å²) in [6, 6.07) is 0. The summed E-state index contributed by atoms with van der Waals surface area (Å²) in [7, 11) is 0. The van der Waals surface area contributed by atoms with Gasteiger partial charge in [0.1, 0.15) is 0 Å². The zero-order valence-corrected chi connectivity index (χ0v) is 14.8. The number of hydrogen-bond acceptors (Lipinski definition) is 1. The molecule has 22 heavy (non-hydrogen) atoms. The molecule has 1 nitrogen and oxygen atoms in total. The second kappa shape index (κ2) is 4.95. The van der Waals surface area contributed by atoms with Gasteiger partial charge in [-0.25, -0.2) is 0 Å². The van der Waals surface area contributed by atoms with Gasteiger partial charge in [0, 0.05) is 11.6 Å². The van der Waals surface area contributed by atoms with E-state index in [2.05, 4.69) is 26.8 Å². The maximum Gasteiger partial charge on any atom is 0.00946 e. The van der Waals surface area contributed by atoms with E-state index >= 15 is 0 Å². The highest BCUT2D eigenvalue weighted by molar-refractivity contribution is 5.82. The Hall–Kier alpha value is -0.590. The molecule has 122 valence electrons. The first-order valence-corrected chi connectivity index (χ1v) is 9.71. The predicted octanol–water partition coefficient (Wildman–Crippen LogP) is 6.00. The highest BCUT2D eigenvalue weighted by Crippen LogP contribution is 2.66. The molecule has 3 fully saturated rings. The van der Waals surface area contributed by atoms with E-state index in [0.29, 0.717) is 16.7 Å². The van der Waals surface area contributed by atoms with Gasteiger partial charge < -0.3 is 5.41 Å². The second-order valence-electron chi connectivity index (χ2n) is 9.32. The van der Waals surface area contributed by atoms with Crippen LogP contribution in [0.15, 0.2) is 11.6 Å². The lowest BCUT2D eigenvalue weighted by Gasteiger charge is -2.57. The Labute approximate surface area is 136 Å². The summed E-state index contributed by atoms with van der Waals surface area (Å²) in [5.41, 5.74) is 3.74. The highest BCUT2D eigenvalue weighted by Gasteiger charge is 2.58. The number of hydrogen-bond donors (Lipinski definition) is 1. The third kappa shape index (κ3) is 1.86. The SMILES string of the molecule is CC(=N)C1CCC2C3CC=C4CCCCC4(C)C3CCC12C. The van der Waals surface area contributed by atoms with Gasteiger partial charge in [-0.2, -0.15) is 0 Å². The van der Waals surface area contributed by atoms with Crippen molar-refractivity contribution in [3.63, 3.8) is 0 Å². The molecule has 4 rings (SSSR count). The van der Waals surface area contributed by atoms with Gasteiger partial charge in [0.15, 0.2) is 0 Å². The molecule has 0 aromatic carbocycles. The Balaban J connectivity index is 1.68. The van der Waals surface area contributed by atoms with Gasteiger partial charge in [-0.05, 0) is 86.9 Å². The molecule has 4 aliphatic carbocycles. The molecular weight excluding hydrogens is 266 g/mol. The van der Waals surface area contributed by atoms with Crippen LogP contribution in [0.1, 0.15) is 78.6 Å². The maximum absolute atomic E-state index is 8.24. The normalized spacial score (nSPS) is 50.6. The molecule has 0 aliphatic heterocycles. The Morgan fingerprint density at radius 2 is 1.91 bits per heavy atom. The minimum absolute atomic E-state index is 0.434. The monoisotopic (exact) mass is 299 g/mol. The summed E-state index contributed by atoms with van der Waals surface area (Å²) < 4.78 is 0. The Kier molecular flexibility index (Phi) is 3.37. The topological polar surface area (TPSA) is 23.9 Å². The van der Waals surface area contributed by atoms with Crippen molar-refractivity contribution in [2.24, 2.45) is 34.5 Å². The largest absolute Gasteiger partial charge is 0.310 e. The molecular formula is C21H33N. The van der Waals surface area contributed by atoms with Gasteiger partial charge >= 0.3 is 0 Å². The average Bonchev–Trinajstić information content (AvgIpc) is 2.84. The van der Waals surface area contributed by atoms with E-state index < -0.39 is 0 Å². The van der Waals surface area contributed by atoms with Crippen molar-refractivity contribution >= 4 is 5.71 Å². The highest BCUT2D eigenvalue weighted by atomic mass is 14.6. The number of rotatable bonds is 1. The standard InChI is InChI=1S/C21H33N/c1-14(22)17-9-10-18-16-8-7-15-6-4-5-12-20(15,2)19(16)11-13-21(17,18)3/h7,16-19,22H,4-6,8-13H2,1-3H3. The van der Waals surface area contributed by atoms with Crippen LogP contribution in [-0.4, -0.2) is 5.71 Å². The van der Waals surface area contributed by atoms with Crippen LogP contribution < -0.4 is 0 Å². The first-order valence-electron chi connectivity index (χ1n) is 9.71. The van der Waals surface area contributed by atoms with Crippen molar-refractivity contribution in [2.75, 3.05) is 0 Å². The fraction of sp³-hybridized carbons (Fsp3) is 0.857. The van der Waals surface area contributed by atoms with Crippen LogP contribution in [-0.2, 0) is 0 Å². The minimum atomic E-state index is 0.434. The van der Waals surface area contributed by atoms with Gasteiger partial charge in [0.2, 0.25) is 0 Å². The van der Waals surface area contributed by atoms with Gasteiger partial charge in [-0.1, -0.05) is 31.9 Å². The lowest BCUT2D eigenvalue weighted by Crippen LogP contribution is -2.50. The predicted molar refractivity (Wildman–Crippen MR) is 93.2 cm³/mol. The van der Waals surface area contributed by atoms with Crippen molar-refractivity contribution in [3.05, 3.63) is 11.6 Å². The van der Waals surface area contributed by atoms with E-state index in [-0.39, 0.29) is 0 Å². The van der Waals surface area contributed by atoms with Crippen molar-refractivity contribution < 1.29 is 0 Å². The number of nitrogens with one attached hydrogen (secondary N) is 1. The molecule has 0 saturated heterocycles. The second-order valence-corrected chi connectivity index (χ2v) is 9.32. The summed E-state index contributed by atoms with van der Waals surface area (Å²) in [5, 5.41) is 8.24. The molecule has 4 aliphatic rings. The molecule has 6 unspecified atom stereocenters. The molecule has 6 atom stereocenters. The van der Waals surface area contributed by atoms with E-state index in [0.717, 1.165) is 23.5 Å². The molecule has 0 aromatic rings. The maximum atomic E-state index is 8.24. The zero-order valence-electron chi connectivity index (χ0n) is 14.8. The molecule has 1 heteroatoms. The third-order valence-corrected chi connectivity index (χ3v) is 8.54. The van der Waals surface area contributed by atoms with E-state index in [4.69, 9.17) is 5.41 Å². The molecule has 0 aromatic heterocycles.